The van der Waals surface area contributed by atoms with Crippen LogP contribution in [0.25, 0.3) is 0 Å². The van der Waals surface area contributed by atoms with E-state index in [1.165, 1.54) is 5.56 Å². The lowest BCUT2D eigenvalue weighted by Crippen LogP contribution is -2.41. The summed E-state index contributed by atoms with van der Waals surface area (Å²) in [6.07, 6.45) is 3.63. The highest BCUT2D eigenvalue weighted by Gasteiger charge is 2.23. The van der Waals surface area contributed by atoms with Gasteiger partial charge in [-0.25, -0.2) is 0 Å². The van der Waals surface area contributed by atoms with Crippen molar-refractivity contribution >= 4 is 11.9 Å². The molecule has 1 aliphatic heterocycles. The monoisotopic (exact) mass is 319 g/mol. The highest BCUT2D eigenvalue weighted by molar-refractivity contribution is 5.76. The Kier molecular flexibility index (Phi) is 6.44. The van der Waals surface area contributed by atoms with Crippen LogP contribution in [0.3, 0.4) is 0 Å². The Labute approximate surface area is 137 Å². The number of hydrogen-bond donors (Lipinski definition) is 1. The van der Waals surface area contributed by atoms with E-state index >= 15 is 0 Å². The second kappa shape index (κ2) is 8.56. The molecule has 0 atom stereocenters. The Morgan fingerprint density at radius 2 is 1.74 bits per heavy atom. The fourth-order valence-electron chi connectivity index (χ4n) is 2.74. The molecule has 0 unspecified atom stereocenters. The van der Waals surface area contributed by atoms with E-state index in [-0.39, 0.29) is 18.4 Å². The maximum Gasteiger partial charge on any atom is 0.303 e. The summed E-state index contributed by atoms with van der Waals surface area (Å²) in [7, 11) is 0. The van der Waals surface area contributed by atoms with E-state index in [0.29, 0.717) is 32.4 Å². The zero-order chi connectivity index (χ0) is 16.7. The summed E-state index contributed by atoms with van der Waals surface area (Å²) in [5, 5.41) is 8.58. The van der Waals surface area contributed by atoms with Gasteiger partial charge >= 0.3 is 5.97 Å². The third-order valence-electron chi connectivity index (χ3n) is 4.15. The number of benzene rings is 1. The van der Waals surface area contributed by atoms with Crippen LogP contribution in [0.4, 0.5) is 0 Å². The van der Waals surface area contributed by atoms with Gasteiger partial charge in [-0.15, -0.1) is 0 Å². The molecule has 23 heavy (non-hydrogen) atoms. The first-order valence-electron chi connectivity index (χ1n) is 8.27. The van der Waals surface area contributed by atoms with Gasteiger partial charge in [-0.1, -0.05) is 17.7 Å². The molecule has 0 saturated carbocycles. The third-order valence-corrected chi connectivity index (χ3v) is 4.15. The Bertz CT molecular complexity index is 518. The molecule has 0 aliphatic carbocycles. The van der Waals surface area contributed by atoms with E-state index in [1.54, 1.807) is 0 Å². The second-order valence-corrected chi connectivity index (χ2v) is 6.11. The van der Waals surface area contributed by atoms with Gasteiger partial charge in [0.25, 0.3) is 0 Å². The lowest BCUT2D eigenvalue weighted by atomic mass is 10.1. The number of carboxylic acids is 1. The van der Waals surface area contributed by atoms with Crippen LogP contribution in [-0.4, -0.2) is 41.1 Å². The fraction of sp³-hybridized carbons (Fsp3) is 0.556. The van der Waals surface area contributed by atoms with Gasteiger partial charge in [0.05, 0.1) is 0 Å². The van der Waals surface area contributed by atoms with Gasteiger partial charge < -0.3 is 14.7 Å². The van der Waals surface area contributed by atoms with Gasteiger partial charge in [-0.2, -0.15) is 0 Å². The minimum Gasteiger partial charge on any atom is -0.490 e. The van der Waals surface area contributed by atoms with Gasteiger partial charge in [0.2, 0.25) is 5.91 Å². The largest absolute Gasteiger partial charge is 0.490 e. The predicted octanol–water partition coefficient (Wildman–Crippen LogP) is 3.01. The van der Waals surface area contributed by atoms with E-state index in [2.05, 4.69) is 0 Å². The molecule has 0 aromatic heterocycles. The van der Waals surface area contributed by atoms with E-state index in [9.17, 15) is 9.59 Å². The summed E-state index contributed by atoms with van der Waals surface area (Å²) in [5.41, 5.74) is 1.21. The number of aliphatic carboxylic acids is 1. The van der Waals surface area contributed by atoms with Crippen LogP contribution in [-0.2, 0) is 9.59 Å². The van der Waals surface area contributed by atoms with Crippen LogP contribution in [0.15, 0.2) is 24.3 Å². The molecule has 0 bridgehead atoms. The molecule has 1 aromatic carbocycles. The molecule has 0 spiro atoms. The average molecular weight is 319 g/mol. The number of ether oxygens (including phenoxy) is 1. The number of carboxylic acid groups (broad SMARTS) is 1. The number of piperidine rings is 1. The number of rotatable bonds is 7. The molecule has 2 rings (SSSR count). The molecule has 0 radical (unpaired) electrons. The van der Waals surface area contributed by atoms with E-state index in [0.717, 1.165) is 18.6 Å². The molecule has 126 valence electrons. The number of hydrogen-bond acceptors (Lipinski definition) is 3. The summed E-state index contributed by atoms with van der Waals surface area (Å²) in [5.74, 6) is 0.213. The Hall–Kier alpha value is -2.04. The van der Waals surface area contributed by atoms with Crippen molar-refractivity contribution in [2.45, 2.75) is 51.6 Å². The SMILES string of the molecule is Cc1ccc(OC2CCN(C(=O)CCCCC(=O)O)CC2)cc1. The molecule has 1 fully saturated rings. The maximum absolute atomic E-state index is 12.1. The van der Waals surface area contributed by atoms with Crippen LogP contribution >= 0.6 is 0 Å². The lowest BCUT2D eigenvalue weighted by molar-refractivity contribution is -0.138. The Morgan fingerprint density at radius 3 is 2.35 bits per heavy atom. The van der Waals surface area contributed by atoms with E-state index < -0.39 is 5.97 Å². The molecule has 1 aliphatic rings. The van der Waals surface area contributed by atoms with Gasteiger partial charge in [-0.3, -0.25) is 9.59 Å². The highest BCUT2D eigenvalue weighted by atomic mass is 16.5. The van der Waals surface area contributed by atoms with Crippen molar-refractivity contribution in [1.82, 2.24) is 4.90 Å². The van der Waals surface area contributed by atoms with Gasteiger partial charge in [-0.05, 0) is 31.9 Å². The molecule has 1 N–H and O–H groups in total. The van der Waals surface area contributed by atoms with Crippen LogP contribution in [0.1, 0.15) is 44.1 Å². The number of carbonyl (C=O) groups is 2. The number of likely N-dealkylation sites (tertiary alicyclic amines) is 1. The number of unbranched alkanes of at least 4 members (excludes halogenated alkanes) is 1. The van der Waals surface area contributed by atoms with Gasteiger partial charge in [0, 0.05) is 38.8 Å². The fourth-order valence-corrected chi connectivity index (χ4v) is 2.74. The molecule has 1 amide bonds. The molecular formula is C18H25NO4. The highest BCUT2D eigenvalue weighted by Crippen LogP contribution is 2.20. The van der Waals surface area contributed by atoms with Crippen molar-refractivity contribution in [2.75, 3.05) is 13.1 Å². The molecular weight excluding hydrogens is 294 g/mol. The summed E-state index contributed by atoms with van der Waals surface area (Å²) >= 11 is 0. The quantitative estimate of drug-likeness (QED) is 0.785. The predicted molar refractivity (Wildman–Crippen MR) is 87.5 cm³/mol. The van der Waals surface area contributed by atoms with Crippen LogP contribution < -0.4 is 4.74 Å². The normalized spacial score (nSPS) is 15.4. The third kappa shape index (κ3) is 5.93. The van der Waals surface area contributed by atoms with Crippen LogP contribution in [0.2, 0.25) is 0 Å². The molecule has 1 saturated heterocycles. The number of carbonyl (C=O) groups excluding carboxylic acids is 1. The first kappa shape index (κ1) is 17.3. The summed E-state index contributed by atoms with van der Waals surface area (Å²) in [6.45, 7) is 3.48. The van der Waals surface area contributed by atoms with Crippen molar-refractivity contribution in [2.24, 2.45) is 0 Å². The minimum atomic E-state index is -0.800. The second-order valence-electron chi connectivity index (χ2n) is 6.11. The van der Waals surface area contributed by atoms with E-state index in [1.807, 2.05) is 36.1 Å². The molecule has 1 heterocycles. The van der Waals surface area contributed by atoms with Crippen LogP contribution in [0, 0.1) is 6.92 Å². The first-order valence-corrected chi connectivity index (χ1v) is 8.27. The Balaban J connectivity index is 1.67. The van der Waals surface area contributed by atoms with Crippen molar-refractivity contribution < 1.29 is 19.4 Å². The van der Waals surface area contributed by atoms with Crippen LogP contribution in [0.5, 0.6) is 5.75 Å². The van der Waals surface area contributed by atoms with Crippen molar-refractivity contribution in [1.29, 1.82) is 0 Å². The smallest absolute Gasteiger partial charge is 0.303 e. The average Bonchev–Trinajstić information content (AvgIpc) is 2.54. The summed E-state index contributed by atoms with van der Waals surface area (Å²) in [6, 6.07) is 8.03. The Morgan fingerprint density at radius 1 is 1.13 bits per heavy atom. The number of amides is 1. The minimum absolute atomic E-state index is 0.129. The van der Waals surface area contributed by atoms with Crippen molar-refractivity contribution in [3.63, 3.8) is 0 Å². The lowest BCUT2D eigenvalue weighted by Gasteiger charge is -2.32. The standard InChI is InChI=1S/C18H25NO4/c1-14-6-8-15(9-7-14)23-16-10-12-19(13-11-16)17(20)4-2-3-5-18(21)22/h6-9,16H,2-5,10-13H2,1H3,(H,21,22). The first-order chi connectivity index (χ1) is 11.0. The summed E-state index contributed by atoms with van der Waals surface area (Å²) in [4.78, 5) is 24.4. The molecule has 1 aromatic rings. The van der Waals surface area contributed by atoms with E-state index in [4.69, 9.17) is 9.84 Å². The molecule has 5 heteroatoms. The van der Waals surface area contributed by atoms with Gasteiger partial charge in [0.15, 0.2) is 0 Å². The summed E-state index contributed by atoms with van der Waals surface area (Å²) < 4.78 is 5.96. The zero-order valence-electron chi connectivity index (χ0n) is 13.7. The topological polar surface area (TPSA) is 66.8 Å². The van der Waals surface area contributed by atoms with Crippen molar-refractivity contribution in [3.8, 4) is 5.75 Å². The molecule has 5 nitrogen and oxygen atoms in total. The number of aryl methyl sites for hydroxylation is 1. The van der Waals surface area contributed by atoms with Crippen molar-refractivity contribution in [3.05, 3.63) is 29.8 Å². The number of nitrogens with zero attached hydrogens (tertiary/aromatic N) is 1. The zero-order valence-corrected chi connectivity index (χ0v) is 13.7. The van der Waals surface area contributed by atoms with Gasteiger partial charge in [0.1, 0.15) is 11.9 Å². The maximum atomic E-state index is 12.1.